The minimum absolute atomic E-state index is 0.0181. The van der Waals surface area contributed by atoms with Gasteiger partial charge in [0.05, 0.1) is 9.40 Å². The van der Waals surface area contributed by atoms with Crippen molar-refractivity contribution < 1.29 is 14.1 Å². The van der Waals surface area contributed by atoms with Crippen LogP contribution >= 0.6 is 31.9 Å². The van der Waals surface area contributed by atoms with E-state index in [9.17, 15) is 14.5 Å². The van der Waals surface area contributed by atoms with Gasteiger partial charge in [0.2, 0.25) is 11.6 Å². The lowest BCUT2D eigenvalue weighted by Gasteiger charge is -2.06. The molecule has 19 heavy (non-hydrogen) atoms. The lowest BCUT2D eigenvalue weighted by Crippen LogP contribution is -1.96. The highest BCUT2D eigenvalue weighted by molar-refractivity contribution is 9.10. The number of ether oxygens (including phenoxy) is 1. The maximum absolute atomic E-state index is 13.4. The molecule has 98 valence electrons. The van der Waals surface area contributed by atoms with Crippen molar-refractivity contribution in [3.05, 3.63) is 49.5 Å². The molecule has 0 N–H and O–H groups in total. The van der Waals surface area contributed by atoms with Crippen LogP contribution in [0.25, 0.3) is 0 Å². The first-order valence-electron chi connectivity index (χ1n) is 4.76. The van der Waals surface area contributed by atoms with Gasteiger partial charge in [-0.25, -0.2) is 14.4 Å². The summed E-state index contributed by atoms with van der Waals surface area (Å²) in [6.45, 7) is 0. The minimum atomic E-state index is -0.672. The molecule has 0 bridgehead atoms. The molecule has 0 saturated heterocycles. The number of benzene rings is 1. The van der Waals surface area contributed by atoms with Crippen LogP contribution in [0.5, 0.6) is 11.6 Å². The van der Waals surface area contributed by atoms with Crippen LogP contribution in [0.3, 0.4) is 0 Å². The first-order chi connectivity index (χ1) is 8.97. The van der Waals surface area contributed by atoms with Gasteiger partial charge in [-0.15, -0.1) is 0 Å². The lowest BCUT2D eigenvalue weighted by molar-refractivity contribution is -0.385. The van der Waals surface area contributed by atoms with Crippen molar-refractivity contribution in [1.29, 1.82) is 0 Å². The van der Waals surface area contributed by atoms with Gasteiger partial charge >= 0.3 is 5.69 Å². The average molecular weight is 393 g/mol. The van der Waals surface area contributed by atoms with Crippen molar-refractivity contribution in [1.82, 2.24) is 9.97 Å². The molecule has 0 aliphatic rings. The highest BCUT2D eigenvalue weighted by Gasteiger charge is 2.20. The maximum atomic E-state index is 13.4. The van der Waals surface area contributed by atoms with Crippen molar-refractivity contribution in [2.75, 3.05) is 0 Å². The Labute approximate surface area is 123 Å². The maximum Gasteiger partial charge on any atom is 0.312 e. The average Bonchev–Trinajstić information content (AvgIpc) is 2.33. The molecule has 0 saturated carbocycles. The third kappa shape index (κ3) is 3.24. The standard InChI is InChI=1S/C10H4Br2FN3O3/c11-5-1-7(16(17)18)8(2-6(5)13)19-10-3-9(12)14-4-15-10/h1-4H. The van der Waals surface area contributed by atoms with E-state index in [1.54, 1.807) is 0 Å². The molecule has 9 heteroatoms. The van der Waals surface area contributed by atoms with Gasteiger partial charge in [-0.1, -0.05) is 0 Å². The molecule has 0 amide bonds. The zero-order valence-corrected chi connectivity index (χ0v) is 12.2. The van der Waals surface area contributed by atoms with Gasteiger partial charge in [-0.05, 0) is 31.9 Å². The van der Waals surface area contributed by atoms with E-state index in [0.717, 1.165) is 12.1 Å². The Morgan fingerprint density at radius 3 is 2.63 bits per heavy atom. The molecule has 1 aromatic heterocycles. The Morgan fingerprint density at radius 2 is 2.00 bits per heavy atom. The summed E-state index contributed by atoms with van der Waals surface area (Å²) < 4.78 is 19.0. The fourth-order valence-electron chi connectivity index (χ4n) is 1.23. The van der Waals surface area contributed by atoms with Crippen LogP contribution in [-0.2, 0) is 0 Å². The van der Waals surface area contributed by atoms with Gasteiger partial charge < -0.3 is 4.74 Å². The fourth-order valence-corrected chi connectivity index (χ4v) is 1.85. The molecule has 1 heterocycles. The molecule has 0 spiro atoms. The number of rotatable bonds is 3. The molecule has 6 nitrogen and oxygen atoms in total. The second kappa shape index (κ2) is 5.57. The van der Waals surface area contributed by atoms with Gasteiger partial charge in [0, 0.05) is 18.2 Å². The predicted octanol–water partition coefficient (Wildman–Crippen LogP) is 3.84. The molecule has 0 atom stereocenters. The second-order valence-corrected chi connectivity index (χ2v) is 4.94. The van der Waals surface area contributed by atoms with Crippen LogP contribution < -0.4 is 4.74 Å². The quantitative estimate of drug-likeness (QED) is 0.450. The molecular weight excluding hydrogens is 389 g/mol. The van der Waals surface area contributed by atoms with Crippen molar-refractivity contribution in [3.63, 3.8) is 0 Å². The number of hydrogen-bond donors (Lipinski definition) is 0. The first-order valence-corrected chi connectivity index (χ1v) is 6.35. The number of hydrogen-bond acceptors (Lipinski definition) is 5. The molecule has 0 radical (unpaired) electrons. The summed E-state index contributed by atoms with van der Waals surface area (Å²) in [7, 11) is 0. The van der Waals surface area contributed by atoms with E-state index < -0.39 is 10.7 Å². The summed E-state index contributed by atoms with van der Waals surface area (Å²) in [6, 6.07) is 3.35. The van der Waals surface area contributed by atoms with E-state index in [-0.39, 0.29) is 21.8 Å². The summed E-state index contributed by atoms with van der Waals surface area (Å²) in [5.41, 5.74) is -0.372. The van der Waals surface area contributed by atoms with Crippen LogP contribution in [0.2, 0.25) is 0 Å². The molecule has 0 unspecified atom stereocenters. The van der Waals surface area contributed by atoms with Crippen molar-refractivity contribution in [3.8, 4) is 11.6 Å². The molecule has 2 rings (SSSR count). The Balaban J connectivity index is 2.44. The van der Waals surface area contributed by atoms with E-state index >= 15 is 0 Å². The zero-order chi connectivity index (χ0) is 14.0. The molecule has 1 aromatic carbocycles. The lowest BCUT2D eigenvalue weighted by atomic mass is 10.3. The Morgan fingerprint density at radius 1 is 1.26 bits per heavy atom. The molecule has 2 aromatic rings. The second-order valence-electron chi connectivity index (χ2n) is 3.27. The van der Waals surface area contributed by atoms with Crippen LogP contribution in [0.1, 0.15) is 0 Å². The summed E-state index contributed by atoms with van der Waals surface area (Å²) in [4.78, 5) is 17.8. The van der Waals surface area contributed by atoms with E-state index in [4.69, 9.17) is 4.74 Å². The van der Waals surface area contributed by atoms with Crippen molar-refractivity contribution in [2.24, 2.45) is 0 Å². The van der Waals surface area contributed by atoms with Crippen LogP contribution in [-0.4, -0.2) is 14.9 Å². The molecule has 0 aliphatic carbocycles. The first kappa shape index (κ1) is 13.8. The molecule has 0 aliphatic heterocycles. The number of nitro benzene ring substituents is 1. The van der Waals surface area contributed by atoms with Gasteiger partial charge in [-0.3, -0.25) is 10.1 Å². The summed E-state index contributed by atoms with van der Waals surface area (Å²) in [5, 5.41) is 10.9. The number of nitro groups is 1. The van der Waals surface area contributed by atoms with Gasteiger partial charge in [0.25, 0.3) is 0 Å². The predicted molar refractivity (Wildman–Crippen MR) is 70.6 cm³/mol. The number of aromatic nitrogens is 2. The normalized spacial score (nSPS) is 10.3. The fraction of sp³-hybridized carbons (Fsp3) is 0. The van der Waals surface area contributed by atoms with Crippen molar-refractivity contribution in [2.45, 2.75) is 0 Å². The number of nitrogens with zero attached hydrogens (tertiary/aromatic N) is 3. The van der Waals surface area contributed by atoms with Gasteiger partial charge in [0.1, 0.15) is 16.7 Å². The summed E-state index contributed by atoms with van der Waals surface area (Å²) >= 11 is 5.98. The smallest absolute Gasteiger partial charge is 0.312 e. The van der Waals surface area contributed by atoms with E-state index in [0.29, 0.717) is 4.60 Å². The highest BCUT2D eigenvalue weighted by atomic mass is 79.9. The Kier molecular flexibility index (Phi) is 4.05. The molecule has 0 fully saturated rings. The van der Waals surface area contributed by atoms with E-state index in [1.807, 2.05) is 0 Å². The summed E-state index contributed by atoms with van der Waals surface area (Å²) in [5.74, 6) is -0.850. The SMILES string of the molecule is O=[N+]([O-])c1cc(Br)c(F)cc1Oc1cc(Br)ncn1. The number of halogens is 3. The van der Waals surface area contributed by atoms with Crippen LogP contribution in [0.4, 0.5) is 10.1 Å². The van der Waals surface area contributed by atoms with Crippen molar-refractivity contribution >= 4 is 37.5 Å². The van der Waals surface area contributed by atoms with Gasteiger partial charge in [-0.2, -0.15) is 0 Å². The Bertz CT molecular complexity index is 654. The highest BCUT2D eigenvalue weighted by Crippen LogP contribution is 2.35. The van der Waals surface area contributed by atoms with Crippen LogP contribution in [0, 0.1) is 15.9 Å². The van der Waals surface area contributed by atoms with E-state index in [1.165, 1.54) is 12.4 Å². The minimum Gasteiger partial charge on any atom is -0.432 e. The third-order valence-electron chi connectivity index (χ3n) is 2.02. The zero-order valence-electron chi connectivity index (χ0n) is 9.01. The monoisotopic (exact) mass is 391 g/mol. The van der Waals surface area contributed by atoms with Crippen LogP contribution in [0.15, 0.2) is 33.6 Å². The third-order valence-corrected chi connectivity index (χ3v) is 3.06. The van der Waals surface area contributed by atoms with Gasteiger partial charge in [0.15, 0.2) is 0 Å². The topological polar surface area (TPSA) is 78.2 Å². The molecular formula is C10H4Br2FN3O3. The van der Waals surface area contributed by atoms with E-state index in [2.05, 4.69) is 41.8 Å². The summed E-state index contributed by atoms with van der Waals surface area (Å²) in [6.07, 6.45) is 1.21. The Hall–Kier alpha value is -1.61. The largest absolute Gasteiger partial charge is 0.432 e.